The Morgan fingerprint density at radius 2 is 2.28 bits per heavy atom. The van der Waals surface area contributed by atoms with E-state index in [1.807, 2.05) is 0 Å². The van der Waals surface area contributed by atoms with Crippen LogP contribution in [0.1, 0.15) is 12.0 Å². The van der Waals surface area contributed by atoms with Crippen molar-refractivity contribution in [2.45, 2.75) is 18.2 Å². The van der Waals surface area contributed by atoms with Crippen molar-refractivity contribution in [3.63, 3.8) is 0 Å². The molecule has 1 atom stereocenters. The van der Waals surface area contributed by atoms with Gasteiger partial charge in [-0.2, -0.15) is 4.31 Å². The van der Waals surface area contributed by atoms with E-state index in [-0.39, 0.29) is 11.8 Å². The molecule has 1 aliphatic heterocycles. The molecule has 0 bridgehead atoms. The molecule has 1 fully saturated rings. The summed E-state index contributed by atoms with van der Waals surface area (Å²) < 4.78 is 31.1. The van der Waals surface area contributed by atoms with Gasteiger partial charge in [0.15, 0.2) is 0 Å². The number of nitrogens with zero attached hydrogens (tertiary/aromatic N) is 1. The molecule has 1 aliphatic rings. The van der Waals surface area contributed by atoms with Gasteiger partial charge in [-0.25, -0.2) is 8.42 Å². The first-order valence-electron chi connectivity index (χ1n) is 5.87. The van der Waals surface area contributed by atoms with Crippen molar-refractivity contribution in [1.82, 2.24) is 4.31 Å². The van der Waals surface area contributed by atoms with E-state index in [1.165, 1.54) is 4.31 Å². The van der Waals surface area contributed by atoms with E-state index >= 15 is 0 Å². The molecule has 0 aliphatic carbocycles. The van der Waals surface area contributed by atoms with Gasteiger partial charge >= 0.3 is 0 Å². The van der Waals surface area contributed by atoms with Crippen LogP contribution in [0, 0.1) is 0 Å². The number of nitrogen functional groups attached to an aromatic ring is 1. The molecule has 0 amide bonds. The highest BCUT2D eigenvalue weighted by Gasteiger charge is 2.29. The van der Waals surface area contributed by atoms with Crippen LogP contribution in [0.15, 0.2) is 24.3 Å². The van der Waals surface area contributed by atoms with Crippen molar-refractivity contribution < 1.29 is 13.2 Å². The van der Waals surface area contributed by atoms with Gasteiger partial charge in [0.25, 0.3) is 0 Å². The normalized spacial score (nSPS) is 20.4. The maximum Gasteiger partial charge on any atom is 0.218 e. The molecule has 18 heavy (non-hydrogen) atoms. The lowest BCUT2D eigenvalue weighted by molar-refractivity contribution is 0.181. The Bertz CT molecular complexity index is 510. The second kappa shape index (κ2) is 5.26. The third-order valence-corrected chi connectivity index (χ3v) is 5.03. The summed E-state index contributed by atoms with van der Waals surface area (Å²) in [7, 11) is -1.70. The number of nitrogens with two attached hydrogens (primary N) is 1. The summed E-state index contributed by atoms with van der Waals surface area (Å²) in [4.78, 5) is 0. The first kappa shape index (κ1) is 13.3. The van der Waals surface area contributed by atoms with Crippen LogP contribution in [0.5, 0.6) is 0 Å². The minimum absolute atomic E-state index is 0.0228. The number of benzene rings is 1. The van der Waals surface area contributed by atoms with Gasteiger partial charge in [-0.1, -0.05) is 12.1 Å². The lowest BCUT2D eigenvalue weighted by Gasteiger charge is -2.22. The van der Waals surface area contributed by atoms with Crippen LogP contribution in [-0.4, -0.2) is 39.0 Å². The van der Waals surface area contributed by atoms with Crippen molar-refractivity contribution in [1.29, 1.82) is 0 Å². The van der Waals surface area contributed by atoms with Gasteiger partial charge in [-0.3, -0.25) is 0 Å². The van der Waals surface area contributed by atoms with Crippen LogP contribution in [0.4, 0.5) is 5.69 Å². The van der Waals surface area contributed by atoms with E-state index in [9.17, 15) is 8.42 Å². The molecule has 2 rings (SSSR count). The average Bonchev–Trinajstić information content (AvgIpc) is 2.80. The van der Waals surface area contributed by atoms with Gasteiger partial charge in [0.2, 0.25) is 10.0 Å². The molecule has 6 heteroatoms. The number of hydrogen-bond donors (Lipinski definition) is 1. The van der Waals surface area contributed by atoms with Crippen molar-refractivity contribution in [2.24, 2.45) is 0 Å². The largest absolute Gasteiger partial charge is 0.399 e. The molecule has 0 spiro atoms. The monoisotopic (exact) mass is 270 g/mol. The van der Waals surface area contributed by atoms with E-state index in [0.717, 1.165) is 6.42 Å². The lowest BCUT2D eigenvalue weighted by Crippen LogP contribution is -2.38. The van der Waals surface area contributed by atoms with E-state index in [0.29, 0.717) is 24.5 Å². The fourth-order valence-electron chi connectivity index (χ4n) is 2.03. The zero-order chi connectivity index (χ0) is 13.2. The molecule has 1 aromatic rings. The number of sulfonamides is 1. The molecule has 1 heterocycles. The Balaban J connectivity index is 2.11. The fourth-order valence-corrected chi connectivity index (χ4v) is 3.46. The highest BCUT2D eigenvalue weighted by atomic mass is 32.2. The SMILES string of the molecule is CN(C1CCOC1)S(=O)(=O)Cc1cccc(N)c1. The van der Waals surface area contributed by atoms with Gasteiger partial charge in [0.1, 0.15) is 0 Å². The minimum Gasteiger partial charge on any atom is -0.399 e. The zero-order valence-corrected chi connectivity index (χ0v) is 11.2. The fraction of sp³-hybridized carbons (Fsp3) is 0.500. The summed E-state index contributed by atoms with van der Waals surface area (Å²) in [5.41, 5.74) is 6.93. The molecule has 100 valence electrons. The number of anilines is 1. The van der Waals surface area contributed by atoms with Crippen molar-refractivity contribution in [3.05, 3.63) is 29.8 Å². The molecule has 0 saturated carbocycles. The van der Waals surface area contributed by atoms with Gasteiger partial charge in [0, 0.05) is 19.3 Å². The maximum atomic E-state index is 12.2. The third-order valence-electron chi connectivity index (χ3n) is 3.16. The molecular formula is C12H18N2O3S. The van der Waals surface area contributed by atoms with E-state index in [2.05, 4.69) is 0 Å². The Labute approximate surface area is 108 Å². The topological polar surface area (TPSA) is 72.6 Å². The van der Waals surface area contributed by atoms with Gasteiger partial charge in [-0.15, -0.1) is 0 Å². The van der Waals surface area contributed by atoms with Crippen molar-refractivity contribution >= 4 is 15.7 Å². The first-order valence-corrected chi connectivity index (χ1v) is 7.48. The molecule has 1 saturated heterocycles. The van der Waals surface area contributed by atoms with Gasteiger partial charge in [-0.05, 0) is 24.1 Å². The van der Waals surface area contributed by atoms with Gasteiger partial charge < -0.3 is 10.5 Å². The summed E-state index contributed by atoms with van der Waals surface area (Å²) in [6, 6.07) is 6.92. The van der Waals surface area contributed by atoms with E-state index < -0.39 is 10.0 Å². The molecule has 1 unspecified atom stereocenters. The van der Waals surface area contributed by atoms with Crippen LogP contribution < -0.4 is 5.73 Å². The lowest BCUT2D eigenvalue weighted by atomic mass is 10.2. The van der Waals surface area contributed by atoms with Crippen LogP contribution in [0.3, 0.4) is 0 Å². The number of rotatable bonds is 4. The minimum atomic E-state index is -3.32. The van der Waals surface area contributed by atoms with Crippen LogP contribution in [0.2, 0.25) is 0 Å². The number of hydrogen-bond acceptors (Lipinski definition) is 4. The standard InChI is InChI=1S/C12H18N2O3S/c1-14(12-5-6-17-8-12)18(15,16)9-10-3-2-4-11(13)7-10/h2-4,7,12H,5-6,8-9,13H2,1H3. The first-order chi connectivity index (χ1) is 8.49. The summed E-state index contributed by atoms with van der Waals surface area (Å²) in [5, 5.41) is 0. The summed E-state index contributed by atoms with van der Waals surface area (Å²) >= 11 is 0. The Morgan fingerprint density at radius 1 is 1.50 bits per heavy atom. The second-order valence-corrected chi connectivity index (χ2v) is 6.56. The third kappa shape index (κ3) is 3.01. The summed E-state index contributed by atoms with van der Waals surface area (Å²) in [6.45, 7) is 1.11. The molecule has 2 N–H and O–H groups in total. The highest BCUT2D eigenvalue weighted by molar-refractivity contribution is 7.88. The second-order valence-electron chi connectivity index (χ2n) is 4.53. The van der Waals surface area contributed by atoms with Crippen LogP contribution in [-0.2, 0) is 20.5 Å². The summed E-state index contributed by atoms with van der Waals surface area (Å²) in [6.07, 6.45) is 0.757. The van der Waals surface area contributed by atoms with E-state index in [1.54, 1.807) is 31.3 Å². The Kier molecular flexibility index (Phi) is 3.89. The number of likely N-dealkylation sites (N-methyl/N-ethyl adjacent to an activating group) is 1. The molecular weight excluding hydrogens is 252 g/mol. The number of ether oxygens (including phenoxy) is 1. The maximum absolute atomic E-state index is 12.2. The Morgan fingerprint density at radius 3 is 2.89 bits per heavy atom. The van der Waals surface area contributed by atoms with Crippen molar-refractivity contribution in [3.8, 4) is 0 Å². The zero-order valence-electron chi connectivity index (χ0n) is 10.4. The Hall–Kier alpha value is -1.11. The predicted molar refractivity (Wildman–Crippen MR) is 70.5 cm³/mol. The quantitative estimate of drug-likeness (QED) is 0.822. The van der Waals surface area contributed by atoms with E-state index in [4.69, 9.17) is 10.5 Å². The predicted octanol–water partition coefficient (Wildman–Crippen LogP) is 0.819. The molecule has 0 aromatic heterocycles. The smallest absolute Gasteiger partial charge is 0.218 e. The molecule has 0 radical (unpaired) electrons. The summed E-state index contributed by atoms with van der Waals surface area (Å²) in [5.74, 6) is -0.0228. The molecule has 1 aromatic carbocycles. The highest BCUT2D eigenvalue weighted by Crippen LogP contribution is 2.18. The van der Waals surface area contributed by atoms with Gasteiger partial charge in [0.05, 0.1) is 18.4 Å². The molecule has 5 nitrogen and oxygen atoms in total. The van der Waals surface area contributed by atoms with Crippen LogP contribution in [0.25, 0.3) is 0 Å². The van der Waals surface area contributed by atoms with Crippen molar-refractivity contribution in [2.75, 3.05) is 26.0 Å². The van der Waals surface area contributed by atoms with Crippen LogP contribution >= 0.6 is 0 Å². The average molecular weight is 270 g/mol.